The molecule has 0 amide bonds. The molecule has 2 aliphatic carbocycles. The van der Waals surface area contributed by atoms with Crippen LogP contribution in [0.2, 0.25) is 0 Å². The molecular weight excluding hydrogens is 132 g/mol. The minimum atomic E-state index is 1.11. The molecule has 2 aliphatic rings. The van der Waals surface area contributed by atoms with E-state index >= 15 is 0 Å². The number of hydrogen-bond donors (Lipinski definition) is 0. The summed E-state index contributed by atoms with van der Waals surface area (Å²) in [5.41, 5.74) is 0. The molecule has 0 bridgehead atoms. The van der Waals surface area contributed by atoms with Gasteiger partial charge in [0.05, 0.1) is 0 Å². The van der Waals surface area contributed by atoms with Crippen molar-refractivity contribution in [1.82, 2.24) is 0 Å². The van der Waals surface area contributed by atoms with E-state index in [1.165, 1.54) is 19.3 Å². The van der Waals surface area contributed by atoms with Crippen LogP contribution in [0.15, 0.2) is 0 Å². The molecule has 0 heterocycles. The van der Waals surface area contributed by atoms with Gasteiger partial charge in [-0.2, -0.15) is 0 Å². The predicted molar refractivity (Wildman–Crippen MR) is 48.5 cm³/mol. The molecule has 0 aromatic rings. The van der Waals surface area contributed by atoms with E-state index in [2.05, 4.69) is 6.92 Å². The first-order valence-corrected chi connectivity index (χ1v) is 5.40. The van der Waals surface area contributed by atoms with Crippen LogP contribution in [0.5, 0.6) is 0 Å². The molecule has 0 radical (unpaired) electrons. The molecular formula is C11H20. The van der Waals surface area contributed by atoms with Gasteiger partial charge < -0.3 is 0 Å². The molecule has 0 unspecified atom stereocenters. The summed E-state index contributed by atoms with van der Waals surface area (Å²) in [7, 11) is 0. The van der Waals surface area contributed by atoms with E-state index in [0.717, 1.165) is 17.8 Å². The van der Waals surface area contributed by atoms with Gasteiger partial charge in [0.1, 0.15) is 0 Å². The third kappa shape index (κ3) is 1.45. The zero-order chi connectivity index (χ0) is 7.68. The Balaban J connectivity index is 1.73. The highest BCUT2D eigenvalue weighted by Crippen LogP contribution is 2.46. The quantitative estimate of drug-likeness (QED) is 0.567. The summed E-state index contributed by atoms with van der Waals surface area (Å²) in [6, 6.07) is 0. The van der Waals surface area contributed by atoms with Crippen LogP contribution < -0.4 is 0 Å². The van der Waals surface area contributed by atoms with Crippen molar-refractivity contribution in [3.8, 4) is 0 Å². The Kier molecular flexibility index (Phi) is 2.20. The van der Waals surface area contributed by atoms with Crippen molar-refractivity contribution in [2.24, 2.45) is 17.8 Å². The Morgan fingerprint density at radius 1 is 1.00 bits per heavy atom. The highest BCUT2D eigenvalue weighted by Gasteiger charge is 2.34. The first-order valence-electron chi connectivity index (χ1n) is 5.40. The van der Waals surface area contributed by atoms with Crippen molar-refractivity contribution in [3.05, 3.63) is 0 Å². The maximum absolute atomic E-state index is 2.34. The Labute approximate surface area is 70.4 Å². The standard InChI is InChI=1S/C11H20/c1-2-9-7-11(8-9)10-5-3-4-6-10/h9-11H,2-8H2,1H3. The number of hydrogen-bond acceptors (Lipinski definition) is 0. The molecule has 2 fully saturated rings. The van der Waals surface area contributed by atoms with Gasteiger partial charge in [-0.1, -0.05) is 39.0 Å². The second kappa shape index (κ2) is 3.16. The zero-order valence-corrected chi connectivity index (χ0v) is 7.68. The molecule has 0 N–H and O–H groups in total. The molecule has 0 nitrogen and oxygen atoms in total. The Morgan fingerprint density at radius 3 is 2.18 bits per heavy atom. The Morgan fingerprint density at radius 2 is 1.64 bits per heavy atom. The van der Waals surface area contributed by atoms with Crippen LogP contribution in [0.1, 0.15) is 51.9 Å². The summed E-state index contributed by atoms with van der Waals surface area (Å²) in [5.74, 6) is 3.42. The normalized spacial score (nSPS) is 39.0. The monoisotopic (exact) mass is 152 g/mol. The second-order valence-corrected chi connectivity index (χ2v) is 4.55. The van der Waals surface area contributed by atoms with Gasteiger partial charge in [0.2, 0.25) is 0 Å². The largest absolute Gasteiger partial charge is 0.0651 e. The maximum Gasteiger partial charge on any atom is -0.0381 e. The van der Waals surface area contributed by atoms with Gasteiger partial charge in [-0.25, -0.2) is 0 Å². The summed E-state index contributed by atoms with van der Waals surface area (Å²) >= 11 is 0. The van der Waals surface area contributed by atoms with E-state index in [0.29, 0.717) is 0 Å². The molecule has 0 aromatic heterocycles. The molecule has 2 saturated carbocycles. The van der Waals surface area contributed by atoms with Crippen molar-refractivity contribution in [2.75, 3.05) is 0 Å². The molecule has 0 saturated heterocycles. The molecule has 0 heteroatoms. The third-order valence-corrected chi connectivity index (χ3v) is 3.92. The van der Waals surface area contributed by atoms with Gasteiger partial charge in [0, 0.05) is 0 Å². The minimum Gasteiger partial charge on any atom is -0.0651 e. The van der Waals surface area contributed by atoms with Gasteiger partial charge in [0.15, 0.2) is 0 Å². The molecule has 2 rings (SSSR count). The van der Waals surface area contributed by atoms with Crippen LogP contribution in [-0.2, 0) is 0 Å². The smallest absolute Gasteiger partial charge is 0.0381 e. The van der Waals surface area contributed by atoms with Crippen LogP contribution in [0, 0.1) is 17.8 Å². The third-order valence-electron chi connectivity index (χ3n) is 3.92. The van der Waals surface area contributed by atoms with Gasteiger partial charge in [-0.3, -0.25) is 0 Å². The lowest BCUT2D eigenvalue weighted by Gasteiger charge is -2.38. The first kappa shape index (κ1) is 7.64. The van der Waals surface area contributed by atoms with Gasteiger partial charge in [-0.05, 0) is 30.6 Å². The topological polar surface area (TPSA) is 0 Å². The highest BCUT2D eigenvalue weighted by atomic mass is 14.4. The van der Waals surface area contributed by atoms with E-state index in [4.69, 9.17) is 0 Å². The van der Waals surface area contributed by atoms with E-state index < -0.39 is 0 Å². The molecule has 0 aliphatic heterocycles. The summed E-state index contributed by atoms with van der Waals surface area (Å²) < 4.78 is 0. The van der Waals surface area contributed by atoms with Crippen molar-refractivity contribution in [2.45, 2.75) is 51.9 Å². The summed E-state index contributed by atoms with van der Waals surface area (Å²) in [6.07, 6.45) is 10.7. The Hall–Kier alpha value is 0. The maximum atomic E-state index is 2.34. The van der Waals surface area contributed by atoms with Crippen molar-refractivity contribution < 1.29 is 0 Å². The van der Waals surface area contributed by atoms with E-state index in [-0.39, 0.29) is 0 Å². The van der Waals surface area contributed by atoms with Crippen LogP contribution in [-0.4, -0.2) is 0 Å². The second-order valence-electron chi connectivity index (χ2n) is 4.55. The van der Waals surface area contributed by atoms with Gasteiger partial charge >= 0.3 is 0 Å². The van der Waals surface area contributed by atoms with Crippen molar-refractivity contribution >= 4 is 0 Å². The van der Waals surface area contributed by atoms with Crippen LogP contribution in [0.3, 0.4) is 0 Å². The summed E-state index contributed by atoms with van der Waals surface area (Å²) in [6.45, 7) is 2.34. The molecule has 0 aromatic carbocycles. The van der Waals surface area contributed by atoms with Crippen LogP contribution >= 0.6 is 0 Å². The van der Waals surface area contributed by atoms with Crippen LogP contribution in [0.4, 0.5) is 0 Å². The summed E-state index contributed by atoms with van der Waals surface area (Å²) in [4.78, 5) is 0. The molecule has 64 valence electrons. The lowest BCUT2D eigenvalue weighted by atomic mass is 9.67. The van der Waals surface area contributed by atoms with E-state index in [9.17, 15) is 0 Å². The fraction of sp³-hybridized carbons (Fsp3) is 1.00. The Bertz CT molecular complexity index is 116. The lowest BCUT2D eigenvalue weighted by Crippen LogP contribution is -2.28. The zero-order valence-electron chi connectivity index (χ0n) is 7.68. The van der Waals surface area contributed by atoms with Crippen LogP contribution in [0.25, 0.3) is 0 Å². The fourth-order valence-corrected chi connectivity index (χ4v) is 2.93. The van der Waals surface area contributed by atoms with E-state index in [1.807, 2.05) is 0 Å². The minimum absolute atomic E-state index is 1.11. The van der Waals surface area contributed by atoms with Crippen molar-refractivity contribution in [3.63, 3.8) is 0 Å². The first-order chi connectivity index (χ1) is 5.40. The SMILES string of the molecule is CCC1CC(C2CCCC2)C1. The van der Waals surface area contributed by atoms with Gasteiger partial charge in [0.25, 0.3) is 0 Å². The molecule has 0 atom stereocenters. The average Bonchev–Trinajstić information content (AvgIpc) is 2.37. The molecule has 0 spiro atoms. The number of rotatable bonds is 2. The van der Waals surface area contributed by atoms with Gasteiger partial charge in [-0.15, -0.1) is 0 Å². The highest BCUT2D eigenvalue weighted by molar-refractivity contribution is 4.85. The summed E-state index contributed by atoms with van der Waals surface area (Å²) in [5, 5.41) is 0. The average molecular weight is 152 g/mol. The fourth-order valence-electron chi connectivity index (χ4n) is 2.93. The predicted octanol–water partition coefficient (Wildman–Crippen LogP) is 3.61. The lowest BCUT2D eigenvalue weighted by molar-refractivity contribution is 0.123. The molecule has 11 heavy (non-hydrogen) atoms. The van der Waals surface area contributed by atoms with E-state index in [1.54, 1.807) is 25.7 Å². The van der Waals surface area contributed by atoms with Crippen molar-refractivity contribution in [1.29, 1.82) is 0 Å².